The maximum Gasteiger partial charge on any atom is 0.336 e. The quantitative estimate of drug-likeness (QED) is 0.493. The number of nitrogens with one attached hydrogen (secondary N) is 1. The lowest BCUT2D eigenvalue weighted by molar-refractivity contribution is 0.473. The SMILES string of the molecule is Cc1ccc([C@@H](NCc2cc(=O)oc3cc(O)ccc23)c2cccs2)cc1. The molecule has 0 aliphatic heterocycles. The summed E-state index contributed by atoms with van der Waals surface area (Å²) in [6.07, 6.45) is 0. The summed E-state index contributed by atoms with van der Waals surface area (Å²) >= 11 is 1.70. The van der Waals surface area contributed by atoms with E-state index in [-0.39, 0.29) is 11.8 Å². The van der Waals surface area contributed by atoms with Crippen molar-refractivity contribution in [2.75, 3.05) is 0 Å². The van der Waals surface area contributed by atoms with E-state index in [0.29, 0.717) is 12.1 Å². The zero-order chi connectivity index (χ0) is 18.8. The van der Waals surface area contributed by atoms with Crippen molar-refractivity contribution in [1.29, 1.82) is 0 Å². The molecule has 0 saturated carbocycles. The molecule has 27 heavy (non-hydrogen) atoms. The van der Waals surface area contributed by atoms with Crippen LogP contribution in [0.15, 0.2) is 75.3 Å². The van der Waals surface area contributed by atoms with Gasteiger partial charge in [-0.05, 0) is 41.6 Å². The zero-order valence-electron chi connectivity index (χ0n) is 14.8. The van der Waals surface area contributed by atoms with Gasteiger partial charge < -0.3 is 14.8 Å². The number of benzene rings is 2. The van der Waals surface area contributed by atoms with Gasteiger partial charge in [-0.1, -0.05) is 35.9 Å². The molecule has 5 heteroatoms. The highest BCUT2D eigenvalue weighted by Gasteiger charge is 2.16. The average Bonchev–Trinajstić information content (AvgIpc) is 3.17. The number of aromatic hydroxyl groups is 1. The van der Waals surface area contributed by atoms with E-state index in [1.807, 2.05) is 6.07 Å². The number of hydrogen-bond donors (Lipinski definition) is 2. The molecule has 136 valence electrons. The Bertz CT molecular complexity index is 1110. The molecule has 4 aromatic rings. The number of phenolic OH excluding ortho intramolecular Hbond substituents is 1. The maximum absolute atomic E-state index is 11.9. The van der Waals surface area contributed by atoms with Crippen LogP contribution < -0.4 is 10.9 Å². The van der Waals surface area contributed by atoms with E-state index in [9.17, 15) is 9.90 Å². The zero-order valence-corrected chi connectivity index (χ0v) is 15.6. The molecule has 0 aliphatic rings. The fourth-order valence-corrected chi connectivity index (χ4v) is 4.00. The van der Waals surface area contributed by atoms with E-state index < -0.39 is 5.63 Å². The smallest absolute Gasteiger partial charge is 0.336 e. The molecule has 0 radical (unpaired) electrons. The van der Waals surface area contributed by atoms with E-state index in [2.05, 4.69) is 48.0 Å². The largest absolute Gasteiger partial charge is 0.508 e. The third kappa shape index (κ3) is 3.79. The first-order chi connectivity index (χ1) is 13.1. The van der Waals surface area contributed by atoms with Crippen LogP contribution in [0.3, 0.4) is 0 Å². The molecule has 4 nitrogen and oxygen atoms in total. The van der Waals surface area contributed by atoms with Crippen molar-refractivity contribution in [3.05, 3.63) is 98.0 Å². The summed E-state index contributed by atoms with van der Waals surface area (Å²) in [6, 6.07) is 19.0. The Kier molecular flexibility index (Phi) is 4.79. The molecule has 0 aliphatic carbocycles. The highest BCUT2D eigenvalue weighted by Crippen LogP contribution is 2.28. The van der Waals surface area contributed by atoms with E-state index in [1.54, 1.807) is 23.5 Å². The Balaban J connectivity index is 1.68. The van der Waals surface area contributed by atoms with Crippen LogP contribution >= 0.6 is 11.3 Å². The fraction of sp³-hybridized carbons (Fsp3) is 0.136. The van der Waals surface area contributed by atoms with Gasteiger partial charge in [0.1, 0.15) is 11.3 Å². The summed E-state index contributed by atoms with van der Waals surface area (Å²) in [5.74, 6) is 0.0758. The molecule has 0 unspecified atom stereocenters. The first kappa shape index (κ1) is 17.5. The van der Waals surface area contributed by atoms with Gasteiger partial charge in [0.15, 0.2) is 0 Å². The first-order valence-corrected chi connectivity index (χ1v) is 9.57. The molecule has 2 aromatic carbocycles. The van der Waals surface area contributed by atoms with Gasteiger partial charge >= 0.3 is 5.63 Å². The van der Waals surface area contributed by atoms with E-state index in [1.165, 1.54) is 28.1 Å². The molecule has 0 fully saturated rings. The van der Waals surface area contributed by atoms with Crippen LogP contribution in [0, 0.1) is 6.92 Å². The van der Waals surface area contributed by atoms with E-state index in [4.69, 9.17) is 4.42 Å². The summed E-state index contributed by atoms with van der Waals surface area (Å²) in [7, 11) is 0. The average molecular weight is 377 g/mol. The van der Waals surface area contributed by atoms with Crippen LogP contribution in [0.2, 0.25) is 0 Å². The molecule has 4 rings (SSSR count). The molecule has 0 amide bonds. The van der Waals surface area contributed by atoms with Gasteiger partial charge in [0, 0.05) is 28.9 Å². The van der Waals surface area contributed by atoms with Crippen molar-refractivity contribution in [3.63, 3.8) is 0 Å². The van der Waals surface area contributed by atoms with Gasteiger partial charge in [-0.2, -0.15) is 0 Å². The number of hydrogen-bond acceptors (Lipinski definition) is 5. The lowest BCUT2D eigenvalue weighted by Crippen LogP contribution is -2.22. The minimum atomic E-state index is -0.423. The van der Waals surface area contributed by atoms with Crippen molar-refractivity contribution in [2.24, 2.45) is 0 Å². The number of fused-ring (bicyclic) bond motifs is 1. The molecular weight excluding hydrogens is 358 g/mol. The lowest BCUT2D eigenvalue weighted by atomic mass is 10.0. The van der Waals surface area contributed by atoms with Crippen molar-refractivity contribution in [2.45, 2.75) is 19.5 Å². The van der Waals surface area contributed by atoms with E-state index >= 15 is 0 Å². The molecule has 2 aromatic heterocycles. The lowest BCUT2D eigenvalue weighted by Gasteiger charge is -2.19. The Morgan fingerprint density at radius 2 is 1.93 bits per heavy atom. The topological polar surface area (TPSA) is 62.5 Å². The van der Waals surface area contributed by atoms with Crippen LogP contribution in [0.5, 0.6) is 5.75 Å². The standard InChI is InChI=1S/C22H19NO3S/c1-14-4-6-15(7-5-14)22(20-3-2-10-27-20)23-13-16-11-21(25)26-19-12-17(24)8-9-18(16)19/h2-12,22-24H,13H2,1H3/t22-/m1/s1. The predicted octanol–water partition coefficient (Wildman–Crippen LogP) is 4.75. The second kappa shape index (κ2) is 7.39. The van der Waals surface area contributed by atoms with Crippen LogP contribution in [-0.2, 0) is 6.54 Å². The normalized spacial score (nSPS) is 12.3. The Labute approximate surface area is 160 Å². The highest BCUT2D eigenvalue weighted by atomic mass is 32.1. The van der Waals surface area contributed by atoms with Gasteiger partial charge in [0.25, 0.3) is 0 Å². The number of phenols is 1. The van der Waals surface area contributed by atoms with Gasteiger partial charge in [-0.3, -0.25) is 0 Å². The minimum absolute atomic E-state index is 0.0324. The highest BCUT2D eigenvalue weighted by molar-refractivity contribution is 7.10. The van der Waals surface area contributed by atoms with Crippen LogP contribution in [0.1, 0.15) is 27.6 Å². The summed E-state index contributed by atoms with van der Waals surface area (Å²) in [4.78, 5) is 13.1. The summed E-state index contributed by atoms with van der Waals surface area (Å²) in [5.41, 5.74) is 3.20. The third-order valence-corrected chi connectivity index (χ3v) is 5.49. The Morgan fingerprint density at radius 1 is 1.11 bits per heavy atom. The first-order valence-electron chi connectivity index (χ1n) is 8.69. The number of thiophene rings is 1. The van der Waals surface area contributed by atoms with Gasteiger partial charge in [-0.25, -0.2) is 4.79 Å². The summed E-state index contributed by atoms with van der Waals surface area (Å²) in [5, 5.41) is 16.1. The minimum Gasteiger partial charge on any atom is -0.508 e. The molecule has 0 bridgehead atoms. The van der Waals surface area contributed by atoms with Crippen molar-refractivity contribution in [3.8, 4) is 5.75 Å². The molecule has 2 heterocycles. The Morgan fingerprint density at radius 3 is 2.67 bits per heavy atom. The van der Waals surface area contributed by atoms with Crippen LogP contribution in [-0.4, -0.2) is 5.11 Å². The maximum atomic E-state index is 11.9. The molecule has 0 spiro atoms. The van der Waals surface area contributed by atoms with Crippen molar-refractivity contribution >= 4 is 22.3 Å². The second-order valence-corrected chi connectivity index (χ2v) is 7.49. The van der Waals surface area contributed by atoms with E-state index in [0.717, 1.165) is 10.9 Å². The number of rotatable bonds is 5. The predicted molar refractivity (Wildman–Crippen MR) is 108 cm³/mol. The molecule has 1 atom stereocenters. The third-order valence-electron chi connectivity index (χ3n) is 4.55. The molecule has 2 N–H and O–H groups in total. The van der Waals surface area contributed by atoms with Gasteiger partial charge in [-0.15, -0.1) is 11.3 Å². The monoisotopic (exact) mass is 377 g/mol. The second-order valence-electron chi connectivity index (χ2n) is 6.51. The number of aryl methyl sites for hydroxylation is 1. The van der Waals surface area contributed by atoms with Gasteiger partial charge in [0.2, 0.25) is 0 Å². The van der Waals surface area contributed by atoms with Crippen molar-refractivity contribution < 1.29 is 9.52 Å². The molecule has 0 saturated heterocycles. The fourth-order valence-electron chi connectivity index (χ4n) is 3.17. The summed E-state index contributed by atoms with van der Waals surface area (Å²) in [6.45, 7) is 2.57. The summed E-state index contributed by atoms with van der Waals surface area (Å²) < 4.78 is 5.22. The van der Waals surface area contributed by atoms with Crippen LogP contribution in [0.25, 0.3) is 11.0 Å². The van der Waals surface area contributed by atoms with Gasteiger partial charge in [0.05, 0.1) is 6.04 Å². The van der Waals surface area contributed by atoms with Crippen LogP contribution in [0.4, 0.5) is 0 Å². The molecular formula is C22H19NO3S. The van der Waals surface area contributed by atoms with Crippen molar-refractivity contribution in [1.82, 2.24) is 5.32 Å². The Hall–Kier alpha value is -2.89.